The first-order valence-corrected chi connectivity index (χ1v) is 7.52. The number of hydrogen-bond acceptors (Lipinski definition) is 3. The van der Waals surface area contributed by atoms with Gasteiger partial charge in [0.05, 0.1) is 12.6 Å². The molecule has 1 N–H and O–H groups in total. The van der Waals surface area contributed by atoms with E-state index in [0.717, 1.165) is 36.5 Å². The van der Waals surface area contributed by atoms with Crippen LogP contribution in [0.5, 0.6) is 0 Å². The summed E-state index contributed by atoms with van der Waals surface area (Å²) in [4.78, 5) is 14.5. The van der Waals surface area contributed by atoms with Gasteiger partial charge < -0.3 is 15.0 Å². The fourth-order valence-electron chi connectivity index (χ4n) is 3.00. The van der Waals surface area contributed by atoms with Gasteiger partial charge in [-0.3, -0.25) is 4.79 Å². The molecule has 2 fully saturated rings. The van der Waals surface area contributed by atoms with E-state index in [0.29, 0.717) is 13.2 Å². The van der Waals surface area contributed by atoms with Crippen LogP contribution in [0.1, 0.15) is 24.4 Å². The van der Waals surface area contributed by atoms with E-state index in [4.69, 9.17) is 16.3 Å². The van der Waals surface area contributed by atoms with Crippen molar-refractivity contribution in [1.29, 1.82) is 0 Å². The molecular weight excluding hydrogens is 276 g/mol. The Morgan fingerprint density at radius 1 is 1.45 bits per heavy atom. The molecule has 2 atom stereocenters. The second-order valence-electron chi connectivity index (χ2n) is 5.31. The summed E-state index contributed by atoms with van der Waals surface area (Å²) in [7, 11) is 0. The van der Waals surface area contributed by atoms with E-state index >= 15 is 0 Å². The number of benzene rings is 1. The zero-order chi connectivity index (χ0) is 13.9. The minimum atomic E-state index is -0.344. The highest BCUT2D eigenvalue weighted by Crippen LogP contribution is 2.33. The Hall–Kier alpha value is -1.10. The molecule has 0 aliphatic carbocycles. The molecule has 2 saturated heterocycles. The number of morpholine rings is 1. The van der Waals surface area contributed by atoms with E-state index in [9.17, 15) is 4.79 Å². The lowest BCUT2D eigenvalue weighted by atomic mass is 10.0. The van der Waals surface area contributed by atoms with Crippen molar-refractivity contribution in [3.63, 3.8) is 0 Å². The molecule has 0 bridgehead atoms. The number of nitrogens with one attached hydrogen (secondary N) is 1. The van der Waals surface area contributed by atoms with E-state index in [1.165, 1.54) is 0 Å². The van der Waals surface area contributed by atoms with Crippen molar-refractivity contribution in [3.8, 4) is 0 Å². The van der Waals surface area contributed by atoms with E-state index in [1.807, 2.05) is 29.2 Å². The van der Waals surface area contributed by atoms with Crippen molar-refractivity contribution in [2.45, 2.75) is 25.0 Å². The van der Waals surface area contributed by atoms with Crippen LogP contribution in [0.2, 0.25) is 5.02 Å². The lowest BCUT2D eigenvalue weighted by molar-refractivity contribution is -0.146. The Kier molecular flexibility index (Phi) is 4.24. The summed E-state index contributed by atoms with van der Waals surface area (Å²) < 4.78 is 5.58. The molecule has 20 heavy (non-hydrogen) atoms. The quantitative estimate of drug-likeness (QED) is 0.907. The van der Waals surface area contributed by atoms with Gasteiger partial charge in [-0.25, -0.2) is 0 Å². The summed E-state index contributed by atoms with van der Waals surface area (Å²) in [6, 6.07) is 7.93. The molecule has 0 saturated carbocycles. The minimum absolute atomic E-state index is 0.0969. The molecule has 108 valence electrons. The monoisotopic (exact) mass is 294 g/mol. The van der Waals surface area contributed by atoms with Crippen molar-refractivity contribution in [2.24, 2.45) is 0 Å². The maximum atomic E-state index is 12.6. The molecule has 4 nitrogen and oxygen atoms in total. The summed E-state index contributed by atoms with van der Waals surface area (Å²) in [5, 5.41) is 3.93. The topological polar surface area (TPSA) is 41.6 Å². The zero-order valence-corrected chi connectivity index (χ0v) is 12.1. The van der Waals surface area contributed by atoms with E-state index in [2.05, 4.69) is 5.32 Å². The zero-order valence-electron chi connectivity index (χ0n) is 11.3. The third kappa shape index (κ3) is 2.82. The highest BCUT2D eigenvalue weighted by Gasteiger charge is 2.35. The smallest absolute Gasteiger partial charge is 0.253 e. The van der Waals surface area contributed by atoms with Gasteiger partial charge in [-0.15, -0.1) is 0 Å². The van der Waals surface area contributed by atoms with Gasteiger partial charge in [0.2, 0.25) is 0 Å². The third-order valence-corrected chi connectivity index (χ3v) is 4.21. The number of ether oxygens (including phenoxy) is 1. The van der Waals surface area contributed by atoms with Crippen molar-refractivity contribution in [3.05, 3.63) is 34.9 Å². The highest BCUT2D eigenvalue weighted by molar-refractivity contribution is 6.30. The first-order chi connectivity index (χ1) is 9.75. The van der Waals surface area contributed by atoms with E-state index in [-0.39, 0.29) is 18.1 Å². The SMILES string of the molecule is O=C(C1CNCCO1)N1CCCC1c1cccc(Cl)c1. The van der Waals surface area contributed by atoms with Crippen molar-refractivity contribution in [1.82, 2.24) is 10.2 Å². The predicted octanol–water partition coefficient (Wildman–Crippen LogP) is 1.99. The Balaban J connectivity index is 1.76. The van der Waals surface area contributed by atoms with E-state index < -0.39 is 0 Å². The van der Waals surface area contributed by atoms with Gasteiger partial charge >= 0.3 is 0 Å². The molecule has 2 heterocycles. The Morgan fingerprint density at radius 2 is 2.35 bits per heavy atom. The molecule has 1 amide bonds. The molecule has 5 heteroatoms. The number of amides is 1. The third-order valence-electron chi connectivity index (χ3n) is 3.97. The summed E-state index contributed by atoms with van der Waals surface area (Å²) in [5.41, 5.74) is 1.12. The Labute approximate surface area is 124 Å². The molecule has 2 unspecified atom stereocenters. The first-order valence-electron chi connectivity index (χ1n) is 7.14. The maximum Gasteiger partial charge on any atom is 0.253 e. The number of halogens is 1. The fourth-order valence-corrected chi connectivity index (χ4v) is 3.20. The largest absolute Gasteiger partial charge is 0.366 e. The van der Waals surface area contributed by atoms with Gasteiger partial charge in [0, 0.05) is 24.7 Å². The van der Waals surface area contributed by atoms with Crippen LogP contribution in [0.3, 0.4) is 0 Å². The standard InChI is InChI=1S/C15H19ClN2O2/c16-12-4-1-3-11(9-12)13-5-2-7-18(13)15(19)14-10-17-6-8-20-14/h1,3-4,9,13-14,17H,2,5-8,10H2. The van der Waals surface area contributed by atoms with Gasteiger partial charge in [0.25, 0.3) is 5.91 Å². The van der Waals surface area contributed by atoms with Crippen LogP contribution in [0.4, 0.5) is 0 Å². The predicted molar refractivity (Wildman–Crippen MR) is 77.7 cm³/mol. The Bertz CT molecular complexity index is 489. The summed E-state index contributed by atoms with van der Waals surface area (Å²) in [5.74, 6) is 0.0969. The highest BCUT2D eigenvalue weighted by atomic mass is 35.5. The van der Waals surface area contributed by atoms with Crippen LogP contribution in [0, 0.1) is 0 Å². The number of hydrogen-bond donors (Lipinski definition) is 1. The second-order valence-corrected chi connectivity index (χ2v) is 5.74. The summed E-state index contributed by atoms with van der Waals surface area (Å²) >= 11 is 6.06. The number of carbonyl (C=O) groups excluding carboxylic acids is 1. The summed E-state index contributed by atoms with van der Waals surface area (Å²) in [6.07, 6.45) is 1.68. The number of likely N-dealkylation sites (tertiary alicyclic amines) is 1. The summed E-state index contributed by atoms with van der Waals surface area (Å²) in [6.45, 7) is 2.83. The number of rotatable bonds is 2. The number of nitrogens with zero attached hydrogens (tertiary/aromatic N) is 1. The van der Waals surface area contributed by atoms with Crippen molar-refractivity contribution >= 4 is 17.5 Å². The van der Waals surface area contributed by atoms with Crippen LogP contribution in [-0.2, 0) is 9.53 Å². The lowest BCUT2D eigenvalue weighted by Gasteiger charge is -2.31. The molecule has 0 spiro atoms. The molecular formula is C15H19ClN2O2. The van der Waals surface area contributed by atoms with Crippen LogP contribution in [-0.4, -0.2) is 43.2 Å². The molecule has 1 aromatic carbocycles. The second kappa shape index (κ2) is 6.12. The molecule has 3 rings (SSSR count). The fraction of sp³-hybridized carbons (Fsp3) is 0.533. The van der Waals surface area contributed by atoms with Crippen molar-refractivity contribution in [2.75, 3.05) is 26.2 Å². The van der Waals surface area contributed by atoms with Crippen LogP contribution in [0.25, 0.3) is 0 Å². The van der Waals surface area contributed by atoms with Crippen molar-refractivity contribution < 1.29 is 9.53 Å². The average Bonchev–Trinajstić information content (AvgIpc) is 2.97. The van der Waals surface area contributed by atoms with Gasteiger partial charge in [-0.2, -0.15) is 0 Å². The maximum absolute atomic E-state index is 12.6. The minimum Gasteiger partial charge on any atom is -0.366 e. The van der Waals surface area contributed by atoms with Gasteiger partial charge in [0.1, 0.15) is 6.10 Å². The normalized spacial score (nSPS) is 26.8. The van der Waals surface area contributed by atoms with Gasteiger partial charge in [-0.05, 0) is 30.5 Å². The van der Waals surface area contributed by atoms with Crippen LogP contribution >= 0.6 is 11.6 Å². The molecule has 1 aromatic rings. The van der Waals surface area contributed by atoms with E-state index in [1.54, 1.807) is 0 Å². The molecule has 0 aromatic heterocycles. The lowest BCUT2D eigenvalue weighted by Crippen LogP contribution is -2.49. The van der Waals surface area contributed by atoms with Crippen LogP contribution in [0.15, 0.2) is 24.3 Å². The average molecular weight is 295 g/mol. The molecule has 2 aliphatic rings. The number of carbonyl (C=O) groups is 1. The van der Waals surface area contributed by atoms with Gasteiger partial charge in [0.15, 0.2) is 0 Å². The first kappa shape index (κ1) is 13.9. The van der Waals surface area contributed by atoms with Crippen LogP contribution < -0.4 is 5.32 Å². The molecule has 0 radical (unpaired) electrons. The Morgan fingerprint density at radius 3 is 3.10 bits per heavy atom. The van der Waals surface area contributed by atoms with Gasteiger partial charge in [-0.1, -0.05) is 23.7 Å². The molecule has 2 aliphatic heterocycles.